The molecule has 3 heterocycles. The zero-order valence-corrected chi connectivity index (χ0v) is 17.7. The van der Waals surface area contributed by atoms with Gasteiger partial charge >= 0.3 is 0 Å². The van der Waals surface area contributed by atoms with E-state index >= 15 is 0 Å². The number of hydrogen-bond acceptors (Lipinski definition) is 5. The van der Waals surface area contributed by atoms with Crippen LogP contribution in [-0.2, 0) is 9.59 Å². The van der Waals surface area contributed by atoms with E-state index < -0.39 is 11.6 Å². The van der Waals surface area contributed by atoms with Crippen molar-refractivity contribution in [2.75, 3.05) is 19.6 Å². The summed E-state index contributed by atoms with van der Waals surface area (Å²) in [7, 11) is 0. The highest BCUT2D eigenvalue weighted by atomic mass is 16.5. The lowest BCUT2D eigenvalue weighted by atomic mass is 9.84. The van der Waals surface area contributed by atoms with Crippen LogP contribution in [0.4, 0.5) is 0 Å². The number of carbonyl (C=O) groups is 3. The van der Waals surface area contributed by atoms with E-state index in [1.54, 1.807) is 28.9 Å². The Morgan fingerprint density at radius 3 is 2.77 bits per heavy atom. The number of Topliss-reactive ketones (excluding diaryl/α,β-unsaturated/α-hetero) is 1. The van der Waals surface area contributed by atoms with Gasteiger partial charge in [-0.15, -0.1) is 0 Å². The minimum atomic E-state index is -0.692. The number of aliphatic hydroxyl groups is 1. The third-order valence-corrected chi connectivity index (χ3v) is 6.92. The standard InChI is InChI=1S/C23H30N2O5/c1-15-14-24(11-8-18(15)26)22(29)16(2)25-12-10-23(9-7-21(25)28)13-19(27)17-5-3-4-6-20(17)30-23/h3-6,15-16,18,26H,7-14H2,1-2H3. The number of amides is 2. The molecule has 7 heteroatoms. The quantitative estimate of drug-likeness (QED) is 0.800. The number of ketones is 1. The van der Waals surface area contributed by atoms with Gasteiger partial charge in [0, 0.05) is 32.5 Å². The number of para-hydroxylation sites is 1. The van der Waals surface area contributed by atoms with Crippen LogP contribution in [0, 0.1) is 5.92 Å². The van der Waals surface area contributed by atoms with Crippen LogP contribution in [0.2, 0.25) is 0 Å². The van der Waals surface area contributed by atoms with E-state index in [0.29, 0.717) is 50.2 Å². The predicted molar refractivity (Wildman–Crippen MR) is 110 cm³/mol. The van der Waals surface area contributed by atoms with E-state index in [0.717, 1.165) is 0 Å². The Bertz CT molecular complexity index is 856. The van der Waals surface area contributed by atoms with Crippen molar-refractivity contribution in [3.05, 3.63) is 29.8 Å². The largest absolute Gasteiger partial charge is 0.486 e. The molecular formula is C23H30N2O5. The highest BCUT2D eigenvalue weighted by molar-refractivity contribution is 6.00. The first-order chi connectivity index (χ1) is 14.3. The van der Waals surface area contributed by atoms with Crippen LogP contribution in [0.5, 0.6) is 5.75 Å². The van der Waals surface area contributed by atoms with Crippen molar-refractivity contribution in [2.24, 2.45) is 5.92 Å². The first-order valence-corrected chi connectivity index (χ1v) is 10.9. The van der Waals surface area contributed by atoms with Gasteiger partial charge in [0.2, 0.25) is 11.8 Å². The molecule has 30 heavy (non-hydrogen) atoms. The lowest BCUT2D eigenvalue weighted by Crippen LogP contribution is -2.53. The van der Waals surface area contributed by atoms with E-state index in [1.165, 1.54) is 0 Å². The number of aliphatic hydroxyl groups excluding tert-OH is 1. The van der Waals surface area contributed by atoms with Crippen molar-refractivity contribution in [3.8, 4) is 5.75 Å². The summed E-state index contributed by atoms with van der Waals surface area (Å²) in [6.07, 6.45) is 1.68. The Hall–Kier alpha value is -2.41. The number of rotatable bonds is 2. The molecular weight excluding hydrogens is 384 g/mol. The molecule has 162 valence electrons. The molecule has 4 unspecified atom stereocenters. The minimum Gasteiger partial charge on any atom is -0.486 e. The maximum Gasteiger partial charge on any atom is 0.245 e. The third-order valence-electron chi connectivity index (χ3n) is 6.92. The molecule has 1 aromatic carbocycles. The maximum absolute atomic E-state index is 13.1. The van der Waals surface area contributed by atoms with Gasteiger partial charge in [-0.25, -0.2) is 0 Å². The highest BCUT2D eigenvalue weighted by Crippen LogP contribution is 2.39. The monoisotopic (exact) mass is 414 g/mol. The van der Waals surface area contributed by atoms with Gasteiger partial charge in [0.15, 0.2) is 5.78 Å². The Balaban J connectivity index is 1.47. The molecule has 0 bridgehead atoms. The zero-order valence-electron chi connectivity index (χ0n) is 17.7. The number of piperidine rings is 1. The molecule has 2 saturated heterocycles. The summed E-state index contributed by atoms with van der Waals surface area (Å²) in [6.45, 7) is 5.11. The van der Waals surface area contributed by atoms with Crippen molar-refractivity contribution in [1.82, 2.24) is 9.80 Å². The van der Waals surface area contributed by atoms with Crippen molar-refractivity contribution in [1.29, 1.82) is 0 Å². The van der Waals surface area contributed by atoms with Gasteiger partial charge in [-0.05, 0) is 37.8 Å². The number of likely N-dealkylation sites (tertiary alicyclic amines) is 2. The van der Waals surface area contributed by atoms with E-state index in [4.69, 9.17) is 4.74 Å². The Morgan fingerprint density at radius 1 is 1.23 bits per heavy atom. The molecule has 0 aromatic heterocycles. The van der Waals surface area contributed by atoms with Crippen LogP contribution in [0.1, 0.15) is 56.3 Å². The molecule has 0 saturated carbocycles. The van der Waals surface area contributed by atoms with Crippen LogP contribution < -0.4 is 4.74 Å². The second kappa shape index (κ2) is 8.02. The predicted octanol–water partition coefficient (Wildman–Crippen LogP) is 2.02. The van der Waals surface area contributed by atoms with Gasteiger partial charge in [0.25, 0.3) is 0 Å². The molecule has 7 nitrogen and oxygen atoms in total. The van der Waals surface area contributed by atoms with Gasteiger partial charge in [-0.1, -0.05) is 19.1 Å². The van der Waals surface area contributed by atoms with E-state index in [-0.39, 0.29) is 42.5 Å². The number of hydrogen-bond donors (Lipinski definition) is 1. The molecule has 1 aromatic rings. The fourth-order valence-electron chi connectivity index (χ4n) is 4.91. The van der Waals surface area contributed by atoms with Gasteiger partial charge in [0.1, 0.15) is 17.4 Å². The molecule has 4 atom stereocenters. The number of carbonyl (C=O) groups excluding carboxylic acids is 3. The molecule has 3 aliphatic rings. The molecule has 2 amide bonds. The molecule has 0 radical (unpaired) electrons. The number of nitrogens with zero attached hydrogens (tertiary/aromatic N) is 2. The van der Waals surface area contributed by atoms with Crippen LogP contribution in [-0.4, -0.2) is 69.9 Å². The molecule has 3 aliphatic heterocycles. The lowest BCUT2D eigenvalue weighted by molar-refractivity contribution is -0.147. The summed E-state index contributed by atoms with van der Waals surface area (Å²) in [5.74, 6) is 0.499. The van der Waals surface area contributed by atoms with E-state index in [1.807, 2.05) is 19.1 Å². The topological polar surface area (TPSA) is 87.2 Å². The van der Waals surface area contributed by atoms with Gasteiger partial charge in [-0.2, -0.15) is 0 Å². The molecule has 1 spiro atoms. The highest BCUT2D eigenvalue weighted by Gasteiger charge is 2.44. The average molecular weight is 415 g/mol. The summed E-state index contributed by atoms with van der Waals surface area (Å²) >= 11 is 0. The van der Waals surface area contributed by atoms with Gasteiger partial charge in [-0.3, -0.25) is 14.4 Å². The fraction of sp³-hybridized carbons (Fsp3) is 0.609. The van der Waals surface area contributed by atoms with Crippen LogP contribution >= 0.6 is 0 Å². The molecule has 4 rings (SSSR count). The summed E-state index contributed by atoms with van der Waals surface area (Å²) in [6, 6.07) is 6.68. The SMILES string of the molecule is CC1CN(C(=O)C(C)N2CCC3(CCC2=O)CC(=O)c2ccccc2O3)CCC1O. The summed E-state index contributed by atoms with van der Waals surface area (Å²) in [5, 5.41) is 9.93. The Labute approximate surface area is 177 Å². The summed E-state index contributed by atoms with van der Waals surface area (Å²) < 4.78 is 6.27. The first-order valence-electron chi connectivity index (χ1n) is 10.9. The number of benzene rings is 1. The molecule has 0 aliphatic carbocycles. The van der Waals surface area contributed by atoms with Gasteiger partial charge < -0.3 is 19.6 Å². The Kier molecular flexibility index (Phi) is 5.57. The fourth-order valence-corrected chi connectivity index (χ4v) is 4.91. The van der Waals surface area contributed by atoms with E-state index in [9.17, 15) is 19.5 Å². The lowest BCUT2D eigenvalue weighted by Gasteiger charge is -2.39. The minimum absolute atomic E-state index is 0.0275. The van der Waals surface area contributed by atoms with Crippen molar-refractivity contribution in [2.45, 2.75) is 63.7 Å². The first kappa shape index (κ1) is 20.8. The average Bonchev–Trinajstić information content (AvgIpc) is 2.88. The van der Waals surface area contributed by atoms with Crippen LogP contribution in [0.15, 0.2) is 24.3 Å². The van der Waals surface area contributed by atoms with Crippen LogP contribution in [0.25, 0.3) is 0 Å². The van der Waals surface area contributed by atoms with Crippen molar-refractivity contribution < 1.29 is 24.2 Å². The zero-order chi connectivity index (χ0) is 21.5. The van der Waals surface area contributed by atoms with Gasteiger partial charge in [0.05, 0.1) is 18.1 Å². The van der Waals surface area contributed by atoms with Crippen molar-refractivity contribution in [3.63, 3.8) is 0 Å². The second-order valence-corrected chi connectivity index (χ2v) is 9.01. The summed E-state index contributed by atoms with van der Waals surface area (Å²) in [5.41, 5.74) is -0.0944. The smallest absolute Gasteiger partial charge is 0.245 e. The maximum atomic E-state index is 13.1. The molecule has 2 fully saturated rings. The van der Waals surface area contributed by atoms with Crippen molar-refractivity contribution >= 4 is 17.6 Å². The van der Waals surface area contributed by atoms with E-state index in [2.05, 4.69) is 0 Å². The Morgan fingerprint density at radius 2 is 2.00 bits per heavy atom. The normalized spacial score (nSPS) is 30.5. The number of ether oxygens (including phenoxy) is 1. The summed E-state index contributed by atoms with van der Waals surface area (Å²) in [4.78, 5) is 42.0. The third kappa shape index (κ3) is 3.83. The second-order valence-electron chi connectivity index (χ2n) is 9.01. The number of fused-ring (bicyclic) bond motifs is 1. The van der Waals surface area contributed by atoms with Crippen LogP contribution in [0.3, 0.4) is 0 Å². The molecule has 1 N–H and O–H groups in total.